The highest BCUT2D eigenvalue weighted by Crippen LogP contribution is 2.30. The molecule has 3 rings (SSSR count). The van der Waals surface area contributed by atoms with Crippen LogP contribution in [0.1, 0.15) is 22.7 Å². The van der Waals surface area contributed by atoms with Crippen molar-refractivity contribution in [3.8, 4) is 0 Å². The Labute approximate surface area is 176 Å². The van der Waals surface area contributed by atoms with Crippen molar-refractivity contribution in [1.29, 1.82) is 0 Å². The molecule has 2 aromatic carbocycles. The minimum Gasteiger partial charge on any atom is -0.374 e. The van der Waals surface area contributed by atoms with E-state index in [-0.39, 0.29) is 6.04 Å². The second-order valence-electron chi connectivity index (χ2n) is 7.66. The van der Waals surface area contributed by atoms with E-state index in [0.717, 1.165) is 24.1 Å². The molecule has 7 heteroatoms. The topological polar surface area (TPSA) is 64.7 Å². The smallest absolute Gasteiger partial charge is 0.313 e. The molecule has 1 aliphatic heterocycles. The number of carbonyl (C=O) groups excluding carboxylic acids is 2. The number of fused-ring (bicyclic) bond motifs is 1. The third kappa shape index (κ3) is 4.89. The zero-order valence-corrected chi connectivity index (χ0v) is 18.0. The molecule has 0 saturated carbocycles. The summed E-state index contributed by atoms with van der Waals surface area (Å²) in [6.45, 7) is 3.20. The molecule has 154 valence electrons. The highest BCUT2D eigenvalue weighted by Gasteiger charge is 2.22. The minimum atomic E-state index is -0.705. The molecule has 0 saturated heterocycles. The van der Waals surface area contributed by atoms with Gasteiger partial charge >= 0.3 is 11.8 Å². The summed E-state index contributed by atoms with van der Waals surface area (Å²) >= 11 is 5.97. The SMILES string of the molecule is Cc1ccc(Cl)cc1NC(=O)C(=O)NCC(c1ccc2c(c1)CCN2C)N(C)C. The molecule has 1 aliphatic rings. The largest absolute Gasteiger partial charge is 0.374 e. The van der Waals surface area contributed by atoms with Crippen LogP contribution in [0, 0.1) is 6.92 Å². The molecule has 1 heterocycles. The van der Waals surface area contributed by atoms with E-state index in [1.165, 1.54) is 11.3 Å². The number of anilines is 2. The molecule has 0 radical (unpaired) electrons. The van der Waals surface area contributed by atoms with Crippen LogP contribution in [-0.4, -0.2) is 50.9 Å². The fourth-order valence-electron chi connectivity index (χ4n) is 3.57. The lowest BCUT2D eigenvalue weighted by molar-refractivity contribution is -0.136. The maximum absolute atomic E-state index is 12.4. The first-order chi connectivity index (χ1) is 13.8. The van der Waals surface area contributed by atoms with Crippen LogP contribution in [0.25, 0.3) is 0 Å². The highest BCUT2D eigenvalue weighted by molar-refractivity contribution is 6.40. The van der Waals surface area contributed by atoms with Crippen LogP contribution >= 0.6 is 11.6 Å². The molecular formula is C22H27ClN4O2. The summed E-state index contributed by atoms with van der Waals surface area (Å²) in [5, 5.41) is 5.89. The molecule has 0 spiro atoms. The zero-order valence-electron chi connectivity index (χ0n) is 17.3. The van der Waals surface area contributed by atoms with Crippen LogP contribution in [0.5, 0.6) is 0 Å². The number of rotatable bonds is 5. The van der Waals surface area contributed by atoms with Crippen molar-refractivity contribution < 1.29 is 9.59 Å². The van der Waals surface area contributed by atoms with Gasteiger partial charge in [0, 0.05) is 36.5 Å². The minimum absolute atomic E-state index is 0.0316. The summed E-state index contributed by atoms with van der Waals surface area (Å²) in [7, 11) is 6.02. The molecule has 0 aromatic heterocycles. The molecule has 6 nitrogen and oxygen atoms in total. The number of likely N-dealkylation sites (N-methyl/N-ethyl adjacent to an activating group) is 2. The Bertz CT molecular complexity index is 929. The van der Waals surface area contributed by atoms with Crippen LogP contribution < -0.4 is 15.5 Å². The standard InChI is InChI=1S/C22H27ClN4O2/c1-14-5-7-17(23)12-18(14)25-22(29)21(28)24-13-20(26(2)3)15-6-8-19-16(11-15)9-10-27(19)4/h5-8,11-12,20H,9-10,13H2,1-4H3,(H,24,28)(H,25,29). The van der Waals surface area contributed by atoms with Gasteiger partial charge in [0.1, 0.15) is 0 Å². The van der Waals surface area contributed by atoms with Gasteiger partial charge in [0.15, 0.2) is 0 Å². The molecule has 1 unspecified atom stereocenters. The van der Waals surface area contributed by atoms with Crippen molar-refractivity contribution in [2.75, 3.05) is 44.4 Å². The summed E-state index contributed by atoms with van der Waals surface area (Å²) in [6, 6.07) is 11.6. The Morgan fingerprint density at radius 3 is 2.66 bits per heavy atom. The predicted molar refractivity (Wildman–Crippen MR) is 118 cm³/mol. The number of hydrogen-bond donors (Lipinski definition) is 2. The van der Waals surface area contributed by atoms with Crippen LogP contribution in [0.15, 0.2) is 36.4 Å². The average Bonchev–Trinajstić information content (AvgIpc) is 3.05. The van der Waals surface area contributed by atoms with Crippen molar-refractivity contribution in [3.05, 3.63) is 58.1 Å². The van der Waals surface area contributed by atoms with Gasteiger partial charge in [0.25, 0.3) is 0 Å². The van der Waals surface area contributed by atoms with Crippen molar-refractivity contribution in [2.24, 2.45) is 0 Å². The third-order valence-electron chi connectivity index (χ3n) is 5.35. The van der Waals surface area contributed by atoms with Crippen LogP contribution in [-0.2, 0) is 16.0 Å². The number of amides is 2. The summed E-state index contributed by atoms with van der Waals surface area (Å²) in [6.07, 6.45) is 1.02. The van der Waals surface area contributed by atoms with Crippen LogP contribution in [0.4, 0.5) is 11.4 Å². The Morgan fingerprint density at radius 1 is 1.17 bits per heavy atom. The van der Waals surface area contributed by atoms with E-state index >= 15 is 0 Å². The van der Waals surface area contributed by atoms with E-state index in [1.54, 1.807) is 18.2 Å². The second-order valence-corrected chi connectivity index (χ2v) is 8.10. The summed E-state index contributed by atoms with van der Waals surface area (Å²) in [4.78, 5) is 28.9. The maximum atomic E-state index is 12.4. The first kappa shape index (κ1) is 21.1. The average molecular weight is 415 g/mol. The molecule has 2 aromatic rings. The summed E-state index contributed by atoms with van der Waals surface area (Å²) in [5.41, 5.74) is 5.06. The number of aryl methyl sites for hydroxylation is 1. The quantitative estimate of drug-likeness (QED) is 0.738. The monoisotopic (exact) mass is 414 g/mol. The van der Waals surface area contributed by atoms with Crippen LogP contribution in [0.2, 0.25) is 5.02 Å². The second kappa shape index (κ2) is 8.84. The van der Waals surface area contributed by atoms with Gasteiger partial charge in [-0.1, -0.05) is 29.8 Å². The third-order valence-corrected chi connectivity index (χ3v) is 5.58. The zero-order chi connectivity index (χ0) is 21.1. The number of nitrogens with zero attached hydrogens (tertiary/aromatic N) is 2. The molecule has 0 fully saturated rings. The Morgan fingerprint density at radius 2 is 1.93 bits per heavy atom. The lowest BCUT2D eigenvalue weighted by Crippen LogP contribution is -2.40. The molecule has 1 atom stereocenters. The van der Waals surface area contributed by atoms with Gasteiger partial charge in [-0.05, 0) is 62.3 Å². The highest BCUT2D eigenvalue weighted by atomic mass is 35.5. The number of nitrogens with one attached hydrogen (secondary N) is 2. The molecular weight excluding hydrogens is 388 g/mol. The lowest BCUT2D eigenvalue weighted by atomic mass is 10.0. The van der Waals surface area contributed by atoms with Crippen molar-refractivity contribution in [3.63, 3.8) is 0 Å². The molecule has 29 heavy (non-hydrogen) atoms. The van der Waals surface area contributed by atoms with Crippen molar-refractivity contribution in [2.45, 2.75) is 19.4 Å². The number of hydrogen-bond acceptors (Lipinski definition) is 4. The summed E-state index contributed by atoms with van der Waals surface area (Å²) in [5.74, 6) is -1.37. The number of carbonyl (C=O) groups is 2. The number of halogens is 1. The summed E-state index contributed by atoms with van der Waals surface area (Å²) < 4.78 is 0. The van der Waals surface area contributed by atoms with Gasteiger partial charge in [-0.2, -0.15) is 0 Å². The van der Waals surface area contributed by atoms with Gasteiger partial charge in [0.05, 0.1) is 6.04 Å². The first-order valence-corrected chi connectivity index (χ1v) is 9.99. The number of benzene rings is 2. The lowest BCUT2D eigenvalue weighted by Gasteiger charge is -2.26. The van der Waals surface area contributed by atoms with Crippen molar-refractivity contribution in [1.82, 2.24) is 10.2 Å². The normalized spacial score (nSPS) is 13.9. The van der Waals surface area contributed by atoms with E-state index in [4.69, 9.17) is 11.6 Å². The van der Waals surface area contributed by atoms with E-state index in [0.29, 0.717) is 17.3 Å². The van der Waals surface area contributed by atoms with E-state index in [9.17, 15) is 9.59 Å². The maximum Gasteiger partial charge on any atom is 0.313 e. The van der Waals surface area contributed by atoms with Gasteiger partial charge in [0.2, 0.25) is 0 Å². The molecule has 0 aliphatic carbocycles. The fourth-order valence-corrected chi connectivity index (χ4v) is 3.74. The van der Waals surface area contributed by atoms with Gasteiger partial charge in [-0.15, -0.1) is 0 Å². The molecule has 0 bridgehead atoms. The first-order valence-electron chi connectivity index (χ1n) is 9.62. The van der Waals surface area contributed by atoms with Gasteiger partial charge < -0.3 is 20.4 Å². The molecule has 2 amide bonds. The Kier molecular flexibility index (Phi) is 6.45. The van der Waals surface area contributed by atoms with Crippen molar-refractivity contribution >= 4 is 34.8 Å². The Balaban J connectivity index is 1.65. The van der Waals surface area contributed by atoms with E-state index < -0.39 is 11.8 Å². The predicted octanol–water partition coefficient (Wildman–Crippen LogP) is 3.00. The van der Waals surface area contributed by atoms with E-state index in [2.05, 4.69) is 40.8 Å². The van der Waals surface area contributed by atoms with E-state index in [1.807, 2.05) is 25.9 Å². The van der Waals surface area contributed by atoms with Gasteiger partial charge in [-0.25, -0.2) is 0 Å². The Hall–Kier alpha value is -2.57. The fraction of sp³-hybridized carbons (Fsp3) is 0.364. The van der Waals surface area contributed by atoms with Gasteiger partial charge in [-0.3, -0.25) is 9.59 Å². The van der Waals surface area contributed by atoms with Crippen LogP contribution in [0.3, 0.4) is 0 Å². The molecule has 2 N–H and O–H groups in total.